The number of amides is 1. The highest BCUT2D eigenvalue weighted by molar-refractivity contribution is 8.00. The number of hydrogen-bond donors (Lipinski definition) is 0. The molecule has 6 nitrogen and oxygen atoms in total. The molecule has 0 saturated carbocycles. The van der Waals surface area contributed by atoms with E-state index in [1.54, 1.807) is 0 Å². The van der Waals surface area contributed by atoms with Crippen LogP contribution < -0.4 is 0 Å². The molecule has 0 spiro atoms. The fourth-order valence-corrected chi connectivity index (χ4v) is 3.40. The van der Waals surface area contributed by atoms with Crippen LogP contribution in [0.1, 0.15) is 6.92 Å². The van der Waals surface area contributed by atoms with Crippen molar-refractivity contribution in [2.75, 3.05) is 26.3 Å². The summed E-state index contributed by atoms with van der Waals surface area (Å²) in [5.41, 5.74) is 1.02. The third-order valence-electron chi connectivity index (χ3n) is 3.82. The van der Waals surface area contributed by atoms with Gasteiger partial charge < -0.3 is 14.2 Å². The third-order valence-corrected chi connectivity index (χ3v) is 4.94. The number of hydrogen-bond acceptors (Lipinski definition) is 5. The third kappa shape index (κ3) is 3.56. The van der Waals surface area contributed by atoms with Crippen LogP contribution in [0.15, 0.2) is 35.5 Å². The van der Waals surface area contributed by atoms with E-state index in [1.807, 2.05) is 53.8 Å². The van der Waals surface area contributed by atoms with Gasteiger partial charge in [-0.3, -0.25) is 4.79 Å². The molecule has 23 heavy (non-hydrogen) atoms. The molecule has 122 valence electrons. The van der Waals surface area contributed by atoms with Crippen molar-refractivity contribution in [3.05, 3.63) is 30.3 Å². The SMILES string of the molecule is CC(Sc1nnc(-c2ccccc2)n1C)C(=O)N1CCOCC1. The lowest BCUT2D eigenvalue weighted by Crippen LogP contribution is -2.44. The molecule has 1 saturated heterocycles. The standard InChI is InChI=1S/C16H20N4O2S/c1-12(15(21)20-8-10-22-11-9-20)23-16-18-17-14(19(16)2)13-6-4-3-5-7-13/h3-7,12H,8-11H2,1-2H3. The van der Waals surface area contributed by atoms with Gasteiger partial charge in [0.2, 0.25) is 5.91 Å². The van der Waals surface area contributed by atoms with Crippen LogP contribution in [0.3, 0.4) is 0 Å². The van der Waals surface area contributed by atoms with E-state index in [9.17, 15) is 4.79 Å². The van der Waals surface area contributed by atoms with Crippen molar-refractivity contribution in [3.8, 4) is 11.4 Å². The fraction of sp³-hybridized carbons (Fsp3) is 0.438. The van der Waals surface area contributed by atoms with Gasteiger partial charge in [-0.05, 0) is 6.92 Å². The van der Waals surface area contributed by atoms with Crippen LogP contribution in [0.25, 0.3) is 11.4 Å². The van der Waals surface area contributed by atoms with Crippen molar-refractivity contribution in [2.24, 2.45) is 7.05 Å². The van der Waals surface area contributed by atoms with Crippen LogP contribution in [-0.4, -0.2) is 57.1 Å². The summed E-state index contributed by atoms with van der Waals surface area (Å²) in [7, 11) is 1.93. The minimum Gasteiger partial charge on any atom is -0.378 e. The summed E-state index contributed by atoms with van der Waals surface area (Å²) in [5, 5.41) is 9.05. The first-order chi connectivity index (χ1) is 11.2. The van der Waals surface area contributed by atoms with Gasteiger partial charge in [-0.1, -0.05) is 42.1 Å². The van der Waals surface area contributed by atoms with Crippen molar-refractivity contribution >= 4 is 17.7 Å². The van der Waals surface area contributed by atoms with E-state index in [-0.39, 0.29) is 11.2 Å². The molecule has 1 aromatic heterocycles. The highest BCUT2D eigenvalue weighted by Crippen LogP contribution is 2.26. The summed E-state index contributed by atoms with van der Waals surface area (Å²) in [6, 6.07) is 9.92. The Labute approximate surface area is 139 Å². The van der Waals surface area contributed by atoms with E-state index in [0.717, 1.165) is 16.5 Å². The second kappa shape index (κ2) is 7.14. The van der Waals surface area contributed by atoms with Crippen LogP contribution in [0.2, 0.25) is 0 Å². The van der Waals surface area contributed by atoms with E-state index < -0.39 is 0 Å². The van der Waals surface area contributed by atoms with Gasteiger partial charge >= 0.3 is 0 Å². The predicted octanol–water partition coefficient (Wildman–Crippen LogP) is 1.82. The zero-order chi connectivity index (χ0) is 16.2. The monoisotopic (exact) mass is 332 g/mol. The lowest BCUT2D eigenvalue weighted by molar-refractivity contribution is -0.134. The molecular weight excluding hydrogens is 312 g/mol. The molecule has 7 heteroatoms. The van der Waals surface area contributed by atoms with Gasteiger partial charge in [0, 0.05) is 25.7 Å². The van der Waals surface area contributed by atoms with Crippen molar-refractivity contribution in [3.63, 3.8) is 0 Å². The molecule has 0 N–H and O–H groups in total. The fourth-order valence-electron chi connectivity index (χ4n) is 2.51. The van der Waals surface area contributed by atoms with E-state index >= 15 is 0 Å². The summed E-state index contributed by atoms with van der Waals surface area (Å²) in [5.74, 6) is 0.932. The molecule has 0 aliphatic carbocycles. The molecule has 1 aliphatic rings. The molecular formula is C16H20N4O2S. The Morgan fingerprint density at radius 3 is 2.61 bits per heavy atom. The number of ether oxygens (including phenoxy) is 1. The van der Waals surface area contributed by atoms with Crippen molar-refractivity contribution in [1.82, 2.24) is 19.7 Å². The number of aromatic nitrogens is 3. The highest BCUT2D eigenvalue weighted by Gasteiger charge is 2.25. The first-order valence-corrected chi connectivity index (χ1v) is 8.53. The van der Waals surface area contributed by atoms with E-state index in [4.69, 9.17) is 4.74 Å². The maximum atomic E-state index is 12.5. The number of nitrogens with zero attached hydrogens (tertiary/aromatic N) is 4. The van der Waals surface area contributed by atoms with Crippen molar-refractivity contribution < 1.29 is 9.53 Å². The van der Waals surface area contributed by atoms with Crippen LogP contribution in [-0.2, 0) is 16.6 Å². The maximum Gasteiger partial charge on any atom is 0.236 e. The molecule has 0 bridgehead atoms. The van der Waals surface area contributed by atoms with Gasteiger partial charge in [-0.2, -0.15) is 0 Å². The van der Waals surface area contributed by atoms with Crippen molar-refractivity contribution in [2.45, 2.75) is 17.3 Å². The first kappa shape index (κ1) is 16.0. The number of rotatable bonds is 4. The zero-order valence-electron chi connectivity index (χ0n) is 13.3. The molecule has 0 radical (unpaired) electrons. The molecule has 3 rings (SSSR count). The summed E-state index contributed by atoms with van der Waals surface area (Å²) in [6.07, 6.45) is 0. The second-order valence-electron chi connectivity index (χ2n) is 5.43. The number of carbonyl (C=O) groups excluding carboxylic acids is 1. The number of thioether (sulfide) groups is 1. The van der Waals surface area contributed by atoms with Gasteiger partial charge in [0.25, 0.3) is 0 Å². The average Bonchev–Trinajstić information content (AvgIpc) is 2.96. The van der Waals surface area contributed by atoms with E-state index in [0.29, 0.717) is 26.3 Å². The van der Waals surface area contributed by atoms with Crippen LogP contribution in [0.5, 0.6) is 0 Å². The zero-order valence-corrected chi connectivity index (χ0v) is 14.1. The normalized spacial score (nSPS) is 16.3. The largest absolute Gasteiger partial charge is 0.378 e. The first-order valence-electron chi connectivity index (χ1n) is 7.65. The lowest BCUT2D eigenvalue weighted by Gasteiger charge is -2.28. The summed E-state index contributed by atoms with van der Waals surface area (Å²) >= 11 is 1.44. The predicted molar refractivity (Wildman–Crippen MR) is 89.2 cm³/mol. The Balaban J connectivity index is 1.70. The van der Waals surface area contributed by atoms with Crippen LogP contribution in [0, 0.1) is 0 Å². The minimum absolute atomic E-state index is 0.127. The van der Waals surface area contributed by atoms with Gasteiger partial charge in [-0.15, -0.1) is 10.2 Å². The highest BCUT2D eigenvalue weighted by atomic mass is 32.2. The number of carbonyl (C=O) groups is 1. The molecule has 1 fully saturated rings. The Kier molecular flexibility index (Phi) is 4.97. The van der Waals surface area contributed by atoms with Gasteiger partial charge in [-0.25, -0.2) is 0 Å². The van der Waals surface area contributed by atoms with E-state index in [2.05, 4.69) is 10.2 Å². The summed E-state index contributed by atoms with van der Waals surface area (Å²) < 4.78 is 7.23. The average molecular weight is 332 g/mol. The number of morpholine rings is 1. The quantitative estimate of drug-likeness (QED) is 0.799. The lowest BCUT2D eigenvalue weighted by atomic mass is 10.2. The van der Waals surface area contributed by atoms with Gasteiger partial charge in [0.1, 0.15) is 0 Å². The van der Waals surface area contributed by atoms with Crippen LogP contribution >= 0.6 is 11.8 Å². The maximum absolute atomic E-state index is 12.5. The number of benzene rings is 1. The van der Waals surface area contributed by atoms with Crippen molar-refractivity contribution in [1.29, 1.82) is 0 Å². The molecule has 2 aromatic rings. The second-order valence-corrected chi connectivity index (χ2v) is 6.74. The van der Waals surface area contributed by atoms with Gasteiger partial charge in [0.05, 0.1) is 18.5 Å². The molecule has 1 unspecified atom stereocenters. The summed E-state index contributed by atoms with van der Waals surface area (Å²) in [4.78, 5) is 14.3. The topological polar surface area (TPSA) is 60.2 Å². The Morgan fingerprint density at radius 1 is 1.22 bits per heavy atom. The van der Waals surface area contributed by atoms with E-state index in [1.165, 1.54) is 11.8 Å². The molecule has 1 aliphatic heterocycles. The Bertz CT molecular complexity index is 668. The smallest absolute Gasteiger partial charge is 0.236 e. The van der Waals surface area contributed by atoms with Crippen LogP contribution in [0.4, 0.5) is 0 Å². The van der Waals surface area contributed by atoms with Gasteiger partial charge in [0.15, 0.2) is 11.0 Å². The molecule has 1 aromatic carbocycles. The Hall–Kier alpha value is -1.86. The Morgan fingerprint density at radius 2 is 1.91 bits per heavy atom. The molecule has 1 amide bonds. The molecule has 1 atom stereocenters. The minimum atomic E-state index is -0.195. The summed E-state index contributed by atoms with van der Waals surface area (Å²) in [6.45, 7) is 4.48. The molecule has 2 heterocycles.